The highest BCUT2D eigenvalue weighted by Crippen LogP contribution is 2.33. The number of carbonyl (C=O) groups is 1. The molecule has 0 unspecified atom stereocenters. The summed E-state index contributed by atoms with van der Waals surface area (Å²) in [4.78, 5) is 33.5. The fourth-order valence-electron chi connectivity index (χ4n) is 3.25. The molecule has 1 saturated carbocycles. The van der Waals surface area contributed by atoms with Crippen molar-refractivity contribution in [3.63, 3.8) is 0 Å². The Morgan fingerprint density at radius 2 is 2.07 bits per heavy atom. The lowest BCUT2D eigenvalue weighted by atomic mass is 10.2. The first kappa shape index (κ1) is 20.8. The van der Waals surface area contributed by atoms with Crippen molar-refractivity contribution in [1.82, 2.24) is 19.9 Å². The van der Waals surface area contributed by atoms with Gasteiger partial charge in [0.2, 0.25) is 5.91 Å². The van der Waals surface area contributed by atoms with Crippen LogP contribution in [0, 0.1) is 19.8 Å². The Balaban J connectivity index is 1.54. The van der Waals surface area contributed by atoms with Crippen molar-refractivity contribution in [2.45, 2.75) is 59.0 Å². The summed E-state index contributed by atoms with van der Waals surface area (Å²) < 4.78 is 1.45. The van der Waals surface area contributed by atoms with Crippen LogP contribution in [0.5, 0.6) is 0 Å². The molecule has 8 heteroatoms. The predicted molar refractivity (Wildman–Crippen MR) is 114 cm³/mol. The number of hydrogen-bond donors (Lipinski definition) is 3. The fraction of sp³-hybridized carbons (Fsp3) is 0.524. The fourth-order valence-corrected chi connectivity index (χ4v) is 3.25. The summed E-state index contributed by atoms with van der Waals surface area (Å²) >= 11 is 0. The van der Waals surface area contributed by atoms with Crippen LogP contribution in [0.4, 0.5) is 11.6 Å². The van der Waals surface area contributed by atoms with Crippen molar-refractivity contribution < 1.29 is 4.79 Å². The van der Waals surface area contributed by atoms with Crippen LogP contribution in [0.2, 0.25) is 0 Å². The molecule has 0 radical (unpaired) electrons. The van der Waals surface area contributed by atoms with E-state index in [0.717, 1.165) is 23.6 Å². The highest BCUT2D eigenvalue weighted by molar-refractivity contribution is 5.75. The monoisotopic (exact) mass is 398 g/mol. The van der Waals surface area contributed by atoms with Crippen molar-refractivity contribution in [2.24, 2.45) is 5.92 Å². The molecule has 29 heavy (non-hydrogen) atoms. The van der Waals surface area contributed by atoms with Crippen LogP contribution >= 0.6 is 0 Å². The average molecular weight is 399 g/mol. The number of rotatable bonds is 10. The van der Waals surface area contributed by atoms with Gasteiger partial charge in [0.1, 0.15) is 12.4 Å². The number of unbranched alkanes of at least 4 members (excludes halogenated alkanes) is 1. The van der Waals surface area contributed by atoms with E-state index in [9.17, 15) is 9.59 Å². The van der Waals surface area contributed by atoms with Crippen LogP contribution in [0.1, 0.15) is 49.1 Å². The Hall–Kier alpha value is -2.90. The Bertz CT molecular complexity index is 920. The second-order valence-electron chi connectivity index (χ2n) is 7.76. The molecule has 8 nitrogen and oxygen atoms in total. The number of anilines is 2. The summed E-state index contributed by atoms with van der Waals surface area (Å²) in [6.07, 6.45) is 7.81. The molecular weight excluding hydrogens is 368 g/mol. The summed E-state index contributed by atoms with van der Waals surface area (Å²) in [6, 6.07) is 3.54. The van der Waals surface area contributed by atoms with E-state index in [1.807, 2.05) is 13.0 Å². The molecule has 2 aromatic rings. The van der Waals surface area contributed by atoms with Gasteiger partial charge in [-0.25, -0.2) is 9.97 Å². The number of hydrogen-bond acceptors (Lipinski definition) is 6. The molecule has 2 heterocycles. The number of amides is 1. The number of aromatic nitrogens is 3. The van der Waals surface area contributed by atoms with Gasteiger partial charge in [-0.05, 0) is 37.8 Å². The third-order valence-corrected chi connectivity index (χ3v) is 5.28. The van der Waals surface area contributed by atoms with E-state index < -0.39 is 0 Å². The first-order valence-electron chi connectivity index (χ1n) is 10.2. The third kappa shape index (κ3) is 6.04. The highest BCUT2D eigenvalue weighted by Gasteiger charge is 2.20. The lowest BCUT2D eigenvalue weighted by Gasteiger charge is -2.13. The second kappa shape index (κ2) is 9.54. The molecule has 1 fully saturated rings. The molecule has 0 spiro atoms. The van der Waals surface area contributed by atoms with Crippen molar-refractivity contribution in [2.75, 3.05) is 17.6 Å². The number of pyridine rings is 1. The Morgan fingerprint density at radius 1 is 1.28 bits per heavy atom. The Labute approximate surface area is 170 Å². The van der Waals surface area contributed by atoms with Gasteiger partial charge in [0.25, 0.3) is 5.56 Å². The van der Waals surface area contributed by atoms with Gasteiger partial charge in [-0.15, -0.1) is 0 Å². The van der Waals surface area contributed by atoms with Crippen LogP contribution in [0.25, 0.3) is 0 Å². The molecule has 0 saturated heterocycles. The summed E-state index contributed by atoms with van der Waals surface area (Å²) in [5.74, 6) is 1.43. The average Bonchev–Trinajstić information content (AvgIpc) is 3.50. The van der Waals surface area contributed by atoms with E-state index in [1.165, 1.54) is 30.3 Å². The van der Waals surface area contributed by atoms with E-state index in [-0.39, 0.29) is 18.0 Å². The van der Waals surface area contributed by atoms with Gasteiger partial charge < -0.3 is 16.4 Å². The van der Waals surface area contributed by atoms with Crippen LogP contribution in [0.15, 0.2) is 23.1 Å². The molecule has 0 atom stereocenters. The van der Waals surface area contributed by atoms with Gasteiger partial charge >= 0.3 is 0 Å². The quantitative estimate of drug-likeness (QED) is 0.528. The minimum atomic E-state index is -0.271. The number of nitrogen functional groups attached to an aromatic ring is 1. The standard InChI is InChI=1S/C21H30N6O2/c1-14-11-25-20(23-10-4-3-5-16-6-7-16)21(29)27(14)13-19(28)24-12-17-8-9-18(22)26-15(17)2/h8-9,11,16H,3-7,10,12-13H2,1-2H3,(H2,22,26)(H,23,25)(H,24,28). The minimum Gasteiger partial charge on any atom is -0.384 e. The molecule has 0 aliphatic heterocycles. The molecular formula is C21H30N6O2. The van der Waals surface area contributed by atoms with Gasteiger partial charge in [-0.1, -0.05) is 31.7 Å². The number of nitrogens with zero attached hydrogens (tertiary/aromatic N) is 3. The minimum absolute atomic E-state index is 0.0506. The van der Waals surface area contributed by atoms with Gasteiger partial charge in [0, 0.05) is 30.7 Å². The smallest absolute Gasteiger partial charge is 0.293 e. The molecule has 4 N–H and O–H groups in total. The molecule has 156 valence electrons. The molecule has 2 aromatic heterocycles. The molecule has 0 aromatic carbocycles. The lowest BCUT2D eigenvalue weighted by Crippen LogP contribution is -2.34. The van der Waals surface area contributed by atoms with Crippen LogP contribution < -0.4 is 21.9 Å². The largest absolute Gasteiger partial charge is 0.384 e. The summed E-state index contributed by atoms with van der Waals surface area (Å²) in [5, 5.41) is 5.96. The maximum atomic E-state index is 12.7. The molecule has 1 aliphatic rings. The van der Waals surface area contributed by atoms with E-state index in [1.54, 1.807) is 19.2 Å². The predicted octanol–water partition coefficient (Wildman–Crippen LogP) is 2.15. The highest BCUT2D eigenvalue weighted by atomic mass is 16.2. The zero-order chi connectivity index (χ0) is 20.8. The van der Waals surface area contributed by atoms with Gasteiger partial charge in [-0.2, -0.15) is 0 Å². The van der Waals surface area contributed by atoms with E-state index in [0.29, 0.717) is 30.4 Å². The van der Waals surface area contributed by atoms with Crippen molar-refractivity contribution in [3.05, 3.63) is 45.6 Å². The maximum Gasteiger partial charge on any atom is 0.293 e. The third-order valence-electron chi connectivity index (χ3n) is 5.28. The number of nitrogens with two attached hydrogens (primary N) is 1. The Kier molecular flexibility index (Phi) is 6.85. The zero-order valence-corrected chi connectivity index (χ0v) is 17.2. The van der Waals surface area contributed by atoms with E-state index >= 15 is 0 Å². The summed E-state index contributed by atoms with van der Waals surface area (Å²) in [5.41, 5.74) is 7.69. The second-order valence-corrected chi connectivity index (χ2v) is 7.76. The van der Waals surface area contributed by atoms with Crippen molar-refractivity contribution in [3.8, 4) is 0 Å². The van der Waals surface area contributed by atoms with Gasteiger partial charge in [0.15, 0.2) is 5.82 Å². The molecule has 3 rings (SSSR count). The zero-order valence-electron chi connectivity index (χ0n) is 17.2. The number of nitrogens with one attached hydrogen (secondary N) is 2. The Morgan fingerprint density at radius 3 is 2.79 bits per heavy atom. The molecule has 1 amide bonds. The SMILES string of the molecule is Cc1nc(N)ccc1CNC(=O)Cn1c(C)cnc(NCCCCC2CC2)c1=O. The van der Waals surface area contributed by atoms with Crippen molar-refractivity contribution >= 4 is 17.5 Å². The summed E-state index contributed by atoms with van der Waals surface area (Å²) in [7, 11) is 0. The molecule has 1 aliphatic carbocycles. The van der Waals surface area contributed by atoms with Gasteiger partial charge in [-0.3, -0.25) is 14.2 Å². The van der Waals surface area contributed by atoms with E-state index in [2.05, 4.69) is 20.6 Å². The lowest BCUT2D eigenvalue weighted by molar-refractivity contribution is -0.121. The van der Waals surface area contributed by atoms with Crippen molar-refractivity contribution in [1.29, 1.82) is 0 Å². The van der Waals surface area contributed by atoms with Gasteiger partial charge in [0.05, 0.1) is 0 Å². The first-order chi connectivity index (χ1) is 13.9. The maximum absolute atomic E-state index is 12.7. The van der Waals surface area contributed by atoms with Crippen LogP contribution in [-0.2, 0) is 17.9 Å². The topological polar surface area (TPSA) is 115 Å². The first-order valence-corrected chi connectivity index (χ1v) is 10.2. The number of aryl methyl sites for hydroxylation is 2. The van der Waals surface area contributed by atoms with E-state index in [4.69, 9.17) is 5.73 Å². The number of carbonyl (C=O) groups excluding carboxylic acids is 1. The molecule has 0 bridgehead atoms. The van der Waals surface area contributed by atoms with Crippen LogP contribution in [-0.4, -0.2) is 27.0 Å². The summed E-state index contributed by atoms with van der Waals surface area (Å²) in [6.45, 7) is 4.62. The van der Waals surface area contributed by atoms with Crippen LogP contribution in [0.3, 0.4) is 0 Å². The normalized spacial score (nSPS) is 13.3.